The molecule has 1 aromatic carbocycles. The van der Waals surface area contributed by atoms with E-state index in [-0.39, 0.29) is 30.4 Å². The van der Waals surface area contributed by atoms with Crippen LogP contribution in [0.1, 0.15) is 71.8 Å². The lowest BCUT2D eigenvalue weighted by Crippen LogP contribution is -2.49. The van der Waals surface area contributed by atoms with Crippen LogP contribution in [0.25, 0.3) is 0 Å². The van der Waals surface area contributed by atoms with E-state index < -0.39 is 17.6 Å². The van der Waals surface area contributed by atoms with Crippen molar-refractivity contribution in [2.24, 2.45) is 28.9 Å². The summed E-state index contributed by atoms with van der Waals surface area (Å²) in [4.78, 5) is 13.0. The summed E-state index contributed by atoms with van der Waals surface area (Å²) in [5.74, 6) is 2.03. The Morgan fingerprint density at radius 2 is 1.92 bits per heavy atom. The molecule has 1 amide bonds. The lowest BCUT2D eigenvalue weighted by Gasteiger charge is -2.37. The second-order valence-corrected chi connectivity index (χ2v) is 11.8. The number of carbonyl (C=O) groups excluding carboxylic acids is 1. The van der Waals surface area contributed by atoms with Gasteiger partial charge in [0.1, 0.15) is 0 Å². The minimum Gasteiger partial charge on any atom is -0.493 e. The number of nitrogens with one attached hydrogen (secondary N) is 1. The molecule has 0 spiro atoms. The third kappa shape index (κ3) is 9.70. The molecule has 5 N–H and O–H groups in total. The highest BCUT2D eigenvalue weighted by Crippen LogP contribution is 2.38. The van der Waals surface area contributed by atoms with Crippen LogP contribution < -0.4 is 20.5 Å². The SMILES string of the molecule is COCCCOc1cc(C[C@@H](C[C@H](N)[C@@H](O)CNC(=O)C(C)(C)[C@@H]2CCC[C@H](O)C2)C(C)C)ccc1OC. The van der Waals surface area contributed by atoms with Gasteiger partial charge in [-0.1, -0.05) is 40.2 Å². The van der Waals surface area contributed by atoms with Crippen molar-refractivity contribution < 1.29 is 29.2 Å². The van der Waals surface area contributed by atoms with Gasteiger partial charge in [0.15, 0.2) is 11.5 Å². The zero-order chi connectivity index (χ0) is 28.3. The first-order chi connectivity index (χ1) is 18.0. The van der Waals surface area contributed by atoms with Crippen LogP contribution in [0.15, 0.2) is 18.2 Å². The monoisotopic (exact) mass is 536 g/mol. The van der Waals surface area contributed by atoms with E-state index in [1.165, 1.54) is 0 Å². The summed E-state index contributed by atoms with van der Waals surface area (Å²) >= 11 is 0. The number of aliphatic hydroxyl groups excluding tert-OH is 2. The standard InChI is InChI=1S/C30H52N2O6/c1-20(2)22(15-21-11-12-27(37-6)28(16-21)38-14-8-13-36-5)17-25(31)26(34)19-32-29(35)30(3,4)23-9-7-10-24(33)18-23/h11-12,16,20,22-26,33-34H,7-10,13-15,17-19,31H2,1-6H3,(H,32,35)/t22-,23+,24-,25-,26-/m0/s1. The molecule has 1 saturated carbocycles. The van der Waals surface area contributed by atoms with Gasteiger partial charge in [-0.15, -0.1) is 0 Å². The Hall–Kier alpha value is -1.87. The molecule has 218 valence electrons. The van der Waals surface area contributed by atoms with Crippen LogP contribution >= 0.6 is 0 Å². The summed E-state index contributed by atoms with van der Waals surface area (Å²) in [6.45, 7) is 9.48. The molecule has 0 unspecified atom stereocenters. The number of hydrogen-bond donors (Lipinski definition) is 4. The molecular weight excluding hydrogens is 484 g/mol. The highest BCUT2D eigenvalue weighted by Gasteiger charge is 2.39. The fourth-order valence-corrected chi connectivity index (χ4v) is 5.33. The number of ether oxygens (including phenoxy) is 3. The molecule has 8 heteroatoms. The largest absolute Gasteiger partial charge is 0.493 e. The molecule has 1 aliphatic rings. The minimum absolute atomic E-state index is 0.0977. The number of benzene rings is 1. The Morgan fingerprint density at radius 1 is 1.18 bits per heavy atom. The number of amides is 1. The van der Waals surface area contributed by atoms with Crippen LogP contribution in [0.5, 0.6) is 11.5 Å². The average Bonchev–Trinajstić information content (AvgIpc) is 2.89. The van der Waals surface area contributed by atoms with Gasteiger partial charge in [-0.25, -0.2) is 0 Å². The first-order valence-electron chi connectivity index (χ1n) is 14.2. The summed E-state index contributed by atoms with van der Waals surface area (Å²) in [7, 11) is 3.31. The van der Waals surface area contributed by atoms with Crippen molar-refractivity contribution in [2.45, 2.75) is 90.9 Å². The summed E-state index contributed by atoms with van der Waals surface area (Å²) in [6.07, 6.45) is 4.34. The number of aliphatic hydroxyl groups is 2. The molecular formula is C30H52N2O6. The summed E-state index contributed by atoms with van der Waals surface area (Å²) in [5, 5.41) is 23.8. The number of nitrogens with two attached hydrogens (primary N) is 1. The van der Waals surface area contributed by atoms with Crippen LogP contribution in [-0.4, -0.2) is 68.3 Å². The van der Waals surface area contributed by atoms with Gasteiger partial charge in [0.2, 0.25) is 5.91 Å². The number of carbonyl (C=O) groups is 1. The van der Waals surface area contributed by atoms with Crippen molar-refractivity contribution in [1.29, 1.82) is 0 Å². The van der Waals surface area contributed by atoms with E-state index in [9.17, 15) is 15.0 Å². The quantitative estimate of drug-likeness (QED) is 0.238. The summed E-state index contributed by atoms with van der Waals surface area (Å²) in [6, 6.07) is 5.52. The lowest BCUT2D eigenvalue weighted by molar-refractivity contribution is -0.134. The van der Waals surface area contributed by atoms with Gasteiger partial charge in [0, 0.05) is 38.1 Å². The highest BCUT2D eigenvalue weighted by atomic mass is 16.5. The van der Waals surface area contributed by atoms with Gasteiger partial charge in [-0.05, 0) is 67.6 Å². The second-order valence-electron chi connectivity index (χ2n) is 11.8. The van der Waals surface area contributed by atoms with Crippen molar-refractivity contribution in [2.75, 3.05) is 34.0 Å². The molecule has 1 aliphatic carbocycles. The highest BCUT2D eigenvalue weighted by molar-refractivity contribution is 5.82. The number of methoxy groups -OCH3 is 2. The summed E-state index contributed by atoms with van der Waals surface area (Å²) in [5.41, 5.74) is 6.96. The predicted octanol–water partition coefficient (Wildman–Crippen LogP) is 3.70. The van der Waals surface area contributed by atoms with Gasteiger partial charge in [0.25, 0.3) is 0 Å². The van der Waals surface area contributed by atoms with E-state index >= 15 is 0 Å². The molecule has 5 atom stereocenters. The molecule has 38 heavy (non-hydrogen) atoms. The molecule has 8 nitrogen and oxygen atoms in total. The van der Waals surface area contributed by atoms with E-state index in [2.05, 4.69) is 19.2 Å². The minimum atomic E-state index is -0.844. The van der Waals surface area contributed by atoms with Crippen LogP contribution in [-0.2, 0) is 16.0 Å². The number of rotatable bonds is 16. The van der Waals surface area contributed by atoms with Gasteiger partial charge in [0.05, 0.1) is 25.9 Å². The molecule has 0 heterocycles. The van der Waals surface area contributed by atoms with E-state index in [1.54, 1.807) is 14.2 Å². The van der Waals surface area contributed by atoms with Crippen LogP contribution in [0.4, 0.5) is 0 Å². The van der Waals surface area contributed by atoms with Gasteiger partial charge < -0.3 is 35.5 Å². The molecule has 0 radical (unpaired) electrons. The first-order valence-corrected chi connectivity index (χ1v) is 14.2. The molecule has 0 aliphatic heterocycles. The maximum absolute atomic E-state index is 13.0. The maximum atomic E-state index is 13.0. The number of hydrogen-bond acceptors (Lipinski definition) is 7. The van der Waals surface area contributed by atoms with Gasteiger partial charge in [-0.2, -0.15) is 0 Å². The molecule has 2 rings (SSSR count). The van der Waals surface area contributed by atoms with Crippen molar-refractivity contribution in [1.82, 2.24) is 5.32 Å². The van der Waals surface area contributed by atoms with Crippen LogP contribution in [0, 0.1) is 23.2 Å². The summed E-state index contributed by atoms with van der Waals surface area (Å²) < 4.78 is 16.5. The molecule has 1 fully saturated rings. The van der Waals surface area contributed by atoms with Crippen LogP contribution in [0.2, 0.25) is 0 Å². The van der Waals surface area contributed by atoms with Crippen molar-refractivity contribution in [3.8, 4) is 11.5 Å². The van der Waals surface area contributed by atoms with E-state index in [0.29, 0.717) is 43.5 Å². The Kier molecular flexibility index (Phi) is 13.3. The fourth-order valence-electron chi connectivity index (χ4n) is 5.33. The first kappa shape index (κ1) is 32.3. The Labute approximate surface area is 229 Å². The Bertz CT molecular complexity index is 846. The van der Waals surface area contributed by atoms with Crippen LogP contribution in [0.3, 0.4) is 0 Å². The second kappa shape index (κ2) is 15.7. The third-order valence-electron chi connectivity index (χ3n) is 8.21. The molecule has 0 aromatic heterocycles. The van der Waals surface area contributed by atoms with Crippen molar-refractivity contribution in [3.63, 3.8) is 0 Å². The Balaban J connectivity index is 1.94. The van der Waals surface area contributed by atoms with E-state index in [0.717, 1.165) is 37.7 Å². The van der Waals surface area contributed by atoms with Crippen molar-refractivity contribution >= 4 is 5.91 Å². The zero-order valence-electron chi connectivity index (χ0n) is 24.4. The molecule has 1 aromatic rings. The lowest BCUT2D eigenvalue weighted by atomic mass is 9.70. The van der Waals surface area contributed by atoms with Gasteiger partial charge >= 0.3 is 0 Å². The average molecular weight is 537 g/mol. The van der Waals surface area contributed by atoms with E-state index in [4.69, 9.17) is 19.9 Å². The Morgan fingerprint density at radius 3 is 2.55 bits per heavy atom. The maximum Gasteiger partial charge on any atom is 0.226 e. The van der Waals surface area contributed by atoms with E-state index in [1.807, 2.05) is 32.0 Å². The molecule has 0 bridgehead atoms. The van der Waals surface area contributed by atoms with Crippen molar-refractivity contribution in [3.05, 3.63) is 23.8 Å². The normalized spacial score (nSPS) is 20.6. The fraction of sp³-hybridized carbons (Fsp3) is 0.767. The smallest absolute Gasteiger partial charge is 0.226 e. The van der Waals surface area contributed by atoms with Gasteiger partial charge in [-0.3, -0.25) is 4.79 Å². The predicted molar refractivity (Wildman–Crippen MR) is 150 cm³/mol. The zero-order valence-corrected chi connectivity index (χ0v) is 24.4. The molecule has 0 saturated heterocycles. The topological polar surface area (TPSA) is 123 Å². The third-order valence-corrected chi connectivity index (χ3v) is 8.21.